The van der Waals surface area contributed by atoms with E-state index in [1.54, 1.807) is 24.4 Å². The van der Waals surface area contributed by atoms with Gasteiger partial charge >= 0.3 is 0 Å². The Labute approximate surface area is 134 Å². The number of rotatable bonds is 6. The maximum atomic E-state index is 11.6. The topological polar surface area (TPSA) is 50.7 Å². The van der Waals surface area contributed by atoms with Gasteiger partial charge in [-0.2, -0.15) is 5.10 Å². The normalized spacial score (nSPS) is 10.6. The minimum Gasteiger partial charge on any atom is -0.483 e. The van der Waals surface area contributed by atoms with Crippen LogP contribution in [0.15, 0.2) is 53.6 Å². The molecule has 114 valence electrons. The lowest BCUT2D eigenvalue weighted by Crippen LogP contribution is -2.24. The van der Waals surface area contributed by atoms with Crippen LogP contribution in [0.2, 0.25) is 5.02 Å². The number of amides is 1. The predicted molar refractivity (Wildman–Crippen MR) is 88.5 cm³/mol. The van der Waals surface area contributed by atoms with Gasteiger partial charge in [-0.25, -0.2) is 5.43 Å². The quantitative estimate of drug-likeness (QED) is 0.656. The van der Waals surface area contributed by atoms with Gasteiger partial charge in [0.15, 0.2) is 6.61 Å². The molecule has 2 aromatic carbocycles. The number of benzene rings is 2. The van der Waals surface area contributed by atoms with Crippen molar-refractivity contribution in [3.63, 3.8) is 0 Å². The van der Waals surface area contributed by atoms with E-state index in [-0.39, 0.29) is 12.5 Å². The zero-order valence-corrected chi connectivity index (χ0v) is 13.0. The van der Waals surface area contributed by atoms with Crippen LogP contribution in [0.5, 0.6) is 5.75 Å². The van der Waals surface area contributed by atoms with E-state index in [1.165, 1.54) is 0 Å². The summed E-state index contributed by atoms with van der Waals surface area (Å²) in [6.07, 6.45) is 2.32. The summed E-state index contributed by atoms with van der Waals surface area (Å²) in [7, 11) is 0. The van der Waals surface area contributed by atoms with Crippen LogP contribution in [0.25, 0.3) is 0 Å². The van der Waals surface area contributed by atoms with E-state index in [1.807, 2.05) is 37.3 Å². The highest BCUT2D eigenvalue weighted by Gasteiger charge is 2.04. The number of carbonyl (C=O) groups excluding carboxylic acids is 1. The third-order valence-electron chi connectivity index (χ3n) is 2.95. The molecule has 5 heteroatoms. The fourth-order valence-electron chi connectivity index (χ4n) is 1.83. The Balaban J connectivity index is 1.74. The van der Waals surface area contributed by atoms with Crippen molar-refractivity contribution < 1.29 is 9.53 Å². The summed E-state index contributed by atoms with van der Waals surface area (Å²) in [4.78, 5) is 11.6. The summed E-state index contributed by atoms with van der Waals surface area (Å²) in [5.74, 6) is 0.325. The van der Waals surface area contributed by atoms with Crippen molar-refractivity contribution in [1.29, 1.82) is 0 Å². The standard InChI is InChI=1S/C17H17ClN2O2/c1-13-11-15(18)7-8-16(13)22-12-17(21)20-19-10-9-14-5-3-2-4-6-14/h2-8,10-11H,9,12H2,1H3,(H,20,21)/b19-10+. The lowest BCUT2D eigenvalue weighted by molar-refractivity contribution is -0.123. The molecule has 0 aliphatic heterocycles. The van der Waals surface area contributed by atoms with Crippen molar-refractivity contribution in [2.75, 3.05) is 6.61 Å². The third-order valence-corrected chi connectivity index (χ3v) is 3.18. The molecule has 2 rings (SSSR count). The molecule has 0 aliphatic carbocycles. The largest absolute Gasteiger partial charge is 0.483 e. The zero-order valence-electron chi connectivity index (χ0n) is 12.3. The van der Waals surface area contributed by atoms with Crippen molar-refractivity contribution in [1.82, 2.24) is 5.43 Å². The Hall–Kier alpha value is -2.33. The van der Waals surface area contributed by atoms with Crippen molar-refractivity contribution in [2.45, 2.75) is 13.3 Å². The van der Waals surface area contributed by atoms with Gasteiger partial charge in [0, 0.05) is 17.7 Å². The first-order valence-electron chi connectivity index (χ1n) is 6.88. The smallest absolute Gasteiger partial charge is 0.277 e. The molecule has 1 N–H and O–H groups in total. The SMILES string of the molecule is Cc1cc(Cl)ccc1OCC(=O)N/N=C/Cc1ccccc1. The Morgan fingerprint density at radius 2 is 2.05 bits per heavy atom. The number of nitrogens with one attached hydrogen (secondary N) is 1. The Bertz CT molecular complexity index is 657. The molecule has 22 heavy (non-hydrogen) atoms. The second-order valence-corrected chi connectivity index (χ2v) is 5.17. The molecule has 0 saturated heterocycles. The molecular weight excluding hydrogens is 300 g/mol. The number of aryl methyl sites for hydroxylation is 1. The van der Waals surface area contributed by atoms with E-state index in [0.29, 0.717) is 17.2 Å². The summed E-state index contributed by atoms with van der Waals surface area (Å²) in [6.45, 7) is 1.78. The fourth-order valence-corrected chi connectivity index (χ4v) is 2.06. The Kier molecular flexibility index (Phi) is 5.98. The van der Waals surface area contributed by atoms with Crippen LogP contribution >= 0.6 is 11.6 Å². The number of hydrogen-bond donors (Lipinski definition) is 1. The number of halogens is 1. The number of nitrogens with zero attached hydrogens (tertiary/aromatic N) is 1. The van der Waals surface area contributed by atoms with Gasteiger partial charge in [0.05, 0.1) is 0 Å². The monoisotopic (exact) mass is 316 g/mol. The van der Waals surface area contributed by atoms with E-state index in [4.69, 9.17) is 16.3 Å². The van der Waals surface area contributed by atoms with E-state index in [2.05, 4.69) is 10.5 Å². The van der Waals surface area contributed by atoms with Crippen molar-refractivity contribution in [3.05, 3.63) is 64.7 Å². The maximum Gasteiger partial charge on any atom is 0.277 e. The van der Waals surface area contributed by atoms with E-state index < -0.39 is 0 Å². The van der Waals surface area contributed by atoms with Gasteiger partial charge in [0.1, 0.15) is 5.75 Å². The Morgan fingerprint density at radius 3 is 2.77 bits per heavy atom. The van der Waals surface area contributed by atoms with Crippen LogP contribution in [0, 0.1) is 6.92 Å². The van der Waals surface area contributed by atoms with Gasteiger partial charge in [0.2, 0.25) is 0 Å². The molecule has 0 saturated carbocycles. The fraction of sp³-hybridized carbons (Fsp3) is 0.176. The minimum absolute atomic E-state index is 0.0921. The van der Waals surface area contributed by atoms with Crippen molar-refractivity contribution in [2.24, 2.45) is 5.10 Å². The van der Waals surface area contributed by atoms with Crippen LogP contribution in [0.3, 0.4) is 0 Å². The minimum atomic E-state index is -0.307. The number of hydrogen-bond acceptors (Lipinski definition) is 3. The average Bonchev–Trinajstić information content (AvgIpc) is 2.52. The third kappa shape index (κ3) is 5.22. The van der Waals surface area contributed by atoms with Crippen LogP contribution < -0.4 is 10.2 Å². The Morgan fingerprint density at radius 1 is 1.27 bits per heavy atom. The summed E-state index contributed by atoms with van der Waals surface area (Å²) in [5.41, 5.74) is 4.45. The van der Waals surface area contributed by atoms with Crippen LogP contribution in [-0.2, 0) is 11.2 Å². The molecule has 0 radical (unpaired) electrons. The molecular formula is C17H17ClN2O2. The molecule has 2 aromatic rings. The first-order chi connectivity index (χ1) is 10.6. The van der Waals surface area contributed by atoms with Crippen LogP contribution in [0.4, 0.5) is 0 Å². The highest BCUT2D eigenvalue weighted by atomic mass is 35.5. The molecule has 1 amide bonds. The number of hydrazone groups is 1. The van der Waals surface area contributed by atoms with Gasteiger partial charge in [0.25, 0.3) is 5.91 Å². The lowest BCUT2D eigenvalue weighted by Gasteiger charge is -2.08. The molecule has 0 spiro atoms. The number of carbonyl (C=O) groups is 1. The second-order valence-electron chi connectivity index (χ2n) is 4.73. The molecule has 0 aliphatic rings. The zero-order chi connectivity index (χ0) is 15.8. The summed E-state index contributed by atoms with van der Waals surface area (Å²) in [6, 6.07) is 15.1. The summed E-state index contributed by atoms with van der Waals surface area (Å²) >= 11 is 5.86. The molecule has 0 atom stereocenters. The van der Waals surface area contributed by atoms with Crippen LogP contribution in [0.1, 0.15) is 11.1 Å². The van der Waals surface area contributed by atoms with E-state index >= 15 is 0 Å². The molecule has 0 aromatic heterocycles. The van der Waals surface area contributed by atoms with E-state index in [0.717, 1.165) is 11.1 Å². The molecule has 0 bridgehead atoms. The predicted octanol–water partition coefficient (Wildman–Crippen LogP) is 3.37. The lowest BCUT2D eigenvalue weighted by atomic mass is 10.2. The van der Waals surface area contributed by atoms with Gasteiger partial charge in [-0.3, -0.25) is 4.79 Å². The van der Waals surface area contributed by atoms with Crippen molar-refractivity contribution in [3.8, 4) is 5.75 Å². The average molecular weight is 317 g/mol. The highest BCUT2D eigenvalue weighted by Crippen LogP contribution is 2.21. The molecule has 0 heterocycles. The first kappa shape index (κ1) is 16.0. The maximum absolute atomic E-state index is 11.6. The van der Waals surface area contributed by atoms with E-state index in [9.17, 15) is 4.79 Å². The van der Waals surface area contributed by atoms with Crippen LogP contribution in [-0.4, -0.2) is 18.7 Å². The highest BCUT2D eigenvalue weighted by molar-refractivity contribution is 6.30. The number of ether oxygens (including phenoxy) is 1. The second kappa shape index (κ2) is 8.20. The summed E-state index contributed by atoms with van der Waals surface area (Å²) < 4.78 is 5.42. The van der Waals surface area contributed by atoms with Crippen molar-refractivity contribution >= 4 is 23.7 Å². The van der Waals surface area contributed by atoms with Gasteiger partial charge < -0.3 is 4.74 Å². The van der Waals surface area contributed by atoms with Gasteiger partial charge in [-0.1, -0.05) is 41.9 Å². The molecule has 0 fully saturated rings. The molecule has 4 nitrogen and oxygen atoms in total. The summed E-state index contributed by atoms with van der Waals surface area (Å²) in [5, 5.41) is 4.53. The first-order valence-corrected chi connectivity index (χ1v) is 7.26. The molecule has 0 unspecified atom stereocenters. The van der Waals surface area contributed by atoms with Gasteiger partial charge in [-0.15, -0.1) is 0 Å². The van der Waals surface area contributed by atoms with Gasteiger partial charge in [-0.05, 0) is 36.2 Å².